The number of nitrogens with one attached hydrogen (secondary N) is 2. The first-order chi connectivity index (χ1) is 9.17. The molecule has 1 amide bonds. The van der Waals surface area contributed by atoms with Crippen LogP contribution in [0.2, 0.25) is 0 Å². The van der Waals surface area contributed by atoms with Gasteiger partial charge in [0.15, 0.2) is 0 Å². The summed E-state index contributed by atoms with van der Waals surface area (Å²) in [6.45, 7) is 3.20. The first kappa shape index (κ1) is 14.0. The zero-order valence-corrected chi connectivity index (χ0v) is 11.7. The summed E-state index contributed by atoms with van der Waals surface area (Å²) in [7, 11) is 1.86. The van der Waals surface area contributed by atoms with E-state index in [1.165, 1.54) is 12.8 Å². The van der Waals surface area contributed by atoms with Gasteiger partial charge in [-0.25, -0.2) is 4.68 Å². The van der Waals surface area contributed by atoms with E-state index in [9.17, 15) is 4.79 Å². The van der Waals surface area contributed by atoms with Gasteiger partial charge in [0.25, 0.3) is 0 Å². The first-order valence-corrected chi connectivity index (χ1v) is 7.00. The molecule has 0 radical (unpaired) electrons. The van der Waals surface area contributed by atoms with Crippen molar-refractivity contribution < 1.29 is 4.79 Å². The van der Waals surface area contributed by atoms with E-state index < -0.39 is 0 Å². The Bertz CT molecular complexity index is 409. The fourth-order valence-electron chi connectivity index (χ4n) is 2.50. The maximum absolute atomic E-state index is 11.9. The van der Waals surface area contributed by atoms with Crippen LogP contribution < -0.4 is 10.6 Å². The van der Waals surface area contributed by atoms with Crippen molar-refractivity contribution in [3.8, 4) is 0 Å². The van der Waals surface area contributed by atoms with Gasteiger partial charge < -0.3 is 10.6 Å². The molecule has 1 aromatic rings. The molecule has 2 rings (SSSR count). The third kappa shape index (κ3) is 4.31. The van der Waals surface area contributed by atoms with Crippen LogP contribution in [0.3, 0.4) is 0 Å². The Morgan fingerprint density at radius 2 is 2.16 bits per heavy atom. The van der Waals surface area contributed by atoms with E-state index in [0.717, 1.165) is 24.5 Å². The van der Waals surface area contributed by atoms with Gasteiger partial charge in [0.2, 0.25) is 5.91 Å². The normalized spacial score (nSPS) is 23.3. The summed E-state index contributed by atoms with van der Waals surface area (Å²) in [6, 6.07) is 0.337. The molecule has 6 nitrogen and oxygen atoms in total. The number of nitrogens with zero attached hydrogens (tertiary/aromatic N) is 3. The quantitative estimate of drug-likeness (QED) is 0.822. The second kappa shape index (κ2) is 6.65. The third-order valence-electron chi connectivity index (χ3n) is 3.63. The highest BCUT2D eigenvalue weighted by atomic mass is 16.2. The summed E-state index contributed by atoms with van der Waals surface area (Å²) < 4.78 is 1.59. The molecule has 1 aromatic heterocycles. The van der Waals surface area contributed by atoms with Crippen LogP contribution in [0, 0.1) is 5.92 Å². The fourth-order valence-corrected chi connectivity index (χ4v) is 2.50. The second-order valence-corrected chi connectivity index (χ2v) is 5.46. The molecule has 1 fully saturated rings. The molecule has 6 heteroatoms. The summed E-state index contributed by atoms with van der Waals surface area (Å²) in [5, 5.41) is 14.0. The maximum Gasteiger partial charge on any atom is 0.242 e. The number of carbonyl (C=O) groups excluding carboxylic acids is 1. The van der Waals surface area contributed by atoms with Gasteiger partial charge in [-0.05, 0) is 38.6 Å². The van der Waals surface area contributed by atoms with Crippen molar-refractivity contribution in [1.82, 2.24) is 25.6 Å². The zero-order valence-electron chi connectivity index (χ0n) is 11.7. The molecule has 1 saturated carbocycles. The number of amides is 1. The van der Waals surface area contributed by atoms with Crippen LogP contribution in [0.5, 0.6) is 0 Å². The maximum atomic E-state index is 11.9. The lowest BCUT2D eigenvalue weighted by molar-refractivity contribution is -0.122. The minimum absolute atomic E-state index is 0.0282. The molecule has 106 valence electrons. The van der Waals surface area contributed by atoms with E-state index in [2.05, 4.69) is 27.9 Å². The molecule has 0 aromatic carbocycles. The summed E-state index contributed by atoms with van der Waals surface area (Å²) in [6.07, 6.45) is 6.41. The molecule has 2 N–H and O–H groups in total. The van der Waals surface area contributed by atoms with Gasteiger partial charge in [-0.15, -0.1) is 5.10 Å². The van der Waals surface area contributed by atoms with Crippen molar-refractivity contribution in [1.29, 1.82) is 0 Å². The highest BCUT2D eigenvalue weighted by molar-refractivity contribution is 5.75. The Balaban J connectivity index is 1.77. The van der Waals surface area contributed by atoms with Crippen molar-refractivity contribution >= 4 is 5.91 Å². The number of rotatable bonds is 5. The smallest absolute Gasteiger partial charge is 0.242 e. The monoisotopic (exact) mass is 265 g/mol. The van der Waals surface area contributed by atoms with Gasteiger partial charge >= 0.3 is 0 Å². The van der Waals surface area contributed by atoms with Gasteiger partial charge in [-0.3, -0.25) is 4.79 Å². The fraction of sp³-hybridized carbons (Fsp3) is 0.769. The van der Waals surface area contributed by atoms with Crippen molar-refractivity contribution in [3.05, 3.63) is 11.9 Å². The Hall–Kier alpha value is -1.43. The van der Waals surface area contributed by atoms with Crippen LogP contribution in [-0.4, -0.2) is 34.0 Å². The molecule has 1 aliphatic rings. The first-order valence-electron chi connectivity index (χ1n) is 7.00. The number of carbonyl (C=O) groups is 1. The lowest BCUT2D eigenvalue weighted by Gasteiger charge is -2.26. The predicted octanol–water partition coefficient (Wildman–Crippen LogP) is 0.692. The van der Waals surface area contributed by atoms with Gasteiger partial charge in [0.05, 0.1) is 11.9 Å². The average molecular weight is 265 g/mol. The van der Waals surface area contributed by atoms with Gasteiger partial charge in [-0.1, -0.05) is 12.1 Å². The van der Waals surface area contributed by atoms with Crippen LogP contribution in [0.4, 0.5) is 0 Å². The van der Waals surface area contributed by atoms with Gasteiger partial charge in [0, 0.05) is 12.6 Å². The largest absolute Gasteiger partial charge is 0.352 e. The molecule has 0 bridgehead atoms. The van der Waals surface area contributed by atoms with E-state index in [1.807, 2.05) is 7.05 Å². The van der Waals surface area contributed by atoms with E-state index >= 15 is 0 Å². The molecule has 1 aliphatic carbocycles. The molecular formula is C13H23N5O. The highest BCUT2D eigenvalue weighted by Crippen LogP contribution is 2.23. The van der Waals surface area contributed by atoms with Crippen LogP contribution in [0.1, 0.15) is 38.3 Å². The Labute approximate surface area is 113 Å². The van der Waals surface area contributed by atoms with E-state index in [1.54, 1.807) is 10.9 Å². The standard InChI is InChI=1S/C13H23N5O/c1-10-3-5-11(6-4-10)15-13(19)9-18-8-12(7-14-2)16-17-18/h8,10-11,14H,3-7,9H2,1-2H3,(H,15,19). The lowest BCUT2D eigenvalue weighted by atomic mass is 9.87. The molecule has 0 saturated heterocycles. The predicted molar refractivity (Wildman–Crippen MR) is 72.3 cm³/mol. The van der Waals surface area contributed by atoms with Gasteiger partial charge in [-0.2, -0.15) is 0 Å². The molecule has 0 aliphatic heterocycles. The van der Waals surface area contributed by atoms with E-state index in [4.69, 9.17) is 0 Å². The number of aromatic nitrogens is 3. The molecule has 0 spiro atoms. The van der Waals surface area contributed by atoms with Crippen molar-refractivity contribution in [2.45, 2.75) is 51.7 Å². The topological polar surface area (TPSA) is 71.8 Å². The average Bonchev–Trinajstić information content (AvgIpc) is 2.80. The molecule has 1 heterocycles. The summed E-state index contributed by atoms with van der Waals surface area (Å²) in [5.74, 6) is 0.827. The van der Waals surface area contributed by atoms with Crippen LogP contribution in [0.25, 0.3) is 0 Å². The zero-order chi connectivity index (χ0) is 13.7. The second-order valence-electron chi connectivity index (χ2n) is 5.46. The highest BCUT2D eigenvalue weighted by Gasteiger charge is 2.19. The Morgan fingerprint density at radius 3 is 2.84 bits per heavy atom. The van der Waals surface area contributed by atoms with Crippen molar-refractivity contribution in [3.63, 3.8) is 0 Å². The van der Waals surface area contributed by atoms with Crippen molar-refractivity contribution in [2.24, 2.45) is 5.92 Å². The van der Waals surface area contributed by atoms with E-state index in [0.29, 0.717) is 12.6 Å². The minimum atomic E-state index is 0.0282. The SMILES string of the molecule is CNCc1cn(CC(=O)NC2CCC(C)CC2)nn1. The third-order valence-corrected chi connectivity index (χ3v) is 3.63. The number of hydrogen-bond acceptors (Lipinski definition) is 4. The van der Waals surface area contributed by atoms with Crippen molar-refractivity contribution in [2.75, 3.05) is 7.05 Å². The molecular weight excluding hydrogens is 242 g/mol. The van der Waals surface area contributed by atoms with E-state index in [-0.39, 0.29) is 12.5 Å². The number of hydrogen-bond donors (Lipinski definition) is 2. The molecule has 0 atom stereocenters. The molecule has 19 heavy (non-hydrogen) atoms. The van der Waals surface area contributed by atoms with Crippen LogP contribution in [-0.2, 0) is 17.9 Å². The molecule has 0 unspecified atom stereocenters. The van der Waals surface area contributed by atoms with Crippen LogP contribution >= 0.6 is 0 Å². The Morgan fingerprint density at radius 1 is 1.42 bits per heavy atom. The minimum Gasteiger partial charge on any atom is -0.352 e. The summed E-state index contributed by atoms with van der Waals surface area (Å²) in [5.41, 5.74) is 0.849. The van der Waals surface area contributed by atoms with Gasteiger partial charge in [0.1, 0.15) is 6.54 Å². The lowest BCUT2D eigenvalue weighted by Crippen LogP contribution is -2.39. The Kier molecular flexibility index (Phi) is 4.90. The summed E-state index contributed by atoms with van der Waals surface area (Å²) >= 11 is 0. The van der Waals surface area contributed by atoms with Crippen LogP contribution in [0.15, 0.2) is 6.20 Å². The summed E-state index contributed by atoms with van der Waals surface area (Å²) in [4.78, 5) is 11.9.